The van der Waals surface area contributed by atoms with Gasteiger partial charge in [0.2, 0.25) is 5.95 Å². The van der Waals surface area contributed by atoms with E-state index in [-0.39, 0.29) is 12.1 Å². The van der Waals surface area contributed by atoms with E-state index >= 15 is 0 Å². The average Bonchev–Trinajstić information content (AvgIpc) is 3.06. The quantitative estimate of drug-likeness (QED) is 0.771. The second kappa shape index (κ2) is 5.62. The van der Waals surface area contributed by atoms with Crippen LogP contribution in [0.4, 0.5) is 11.8 Å². The Morgan fingerprint density at radius 2 is 2.35 bits per heavy atom. The van der Waals surface area contributed by atoms with Gasteiger partial charge >= 0.3 is 0 Å². The van der Waals surface area contributed by atoms with Crippen molar-refractivity contribution in [3.8, 4) is 0 Å². The molecular weight excluding hydrogens is 256 g/mol. The Labute approximate surface area is 117 Å². The first-order valence-electron chi connectivity index (χ1n) is 7.11. The predicted molar refractivity (Wildman–Crippen MR) is 77.9 cm³/mol. The maximum Gasteiger partial charge on any atom is 0.226 e. The van der Waals surface area contributed by atoms with Crippen LogP contribution in [0.25, 0.3) is 11.0 Å². The highest BCUT2D eigenvalue weighted by Gasteiger charge is 2.25. The molecule has 0 bridgehead atoms. The van der Waals surface area contributed by atoms with Crippen molar-refractivity contribution in [2.45, 2.75) is 38.8 Å². The molecule has 7 nitrogen and oxygen atoms in total. The van der Waals surface area contributed by atoms with Crippen LogP contribution in [0, 0.1) is 0 Å². The molecule has 2 unspecified atom stereocenters. The molecule has 3 rings (SSSR count). The summed E-state index contributed by atoms with van der Waals surface area (Å²) in [6.45, 7) is 5.83. The molecule has 1 aliphatic rings. The van der Waals surface area contributed by atoms with E-state index in [1.54, 1.807) is 6.20 Å². The van der Waals surface area contributed by atoms with Gasteiger partial charge in [0.25, 0.3) is 0 Å². The minimum absolute atomic E-state index is 0.193. The van der Waals surface area contributed by atoms with Gasteiger partial charge in [-0.3, -0.25) is 5.10 Å². The van der Waals surface area contributed by atoms with E-state index in [2.05, 4.69) is 44.6 Å². The van der Waals surface area contributed by atoms with E-state index in [9.17, 15) is 0 Å². The first-order chi connectivity index (χ1) is 9.78. The highest BCUT2D eigenvalue weighted by atomic mass is 16.5. The molecule has 7 heteroatoms. The fourth-order valence-electron chi connectivity index (χ4n) is 2.36. The summed E-state index contributed by atoms with van der Waals surface area (Å²) in [6, 6.07) is 0.280. The Kier molecular flexibility index (Phi) is 3.68. The number of hydrogen-bond donors (Lipinski definition) is 3. The highest BCUT2D eigenvalue weighted by molar-refractivity contribution is 5.87. The Morgan fingerprint density at radius 1 is 1.45 bits per heavy atom. The SMILES string of the molecule is CCCNc1nc(NC2CCOC2C)c2cn[nH]c2n1. The molecule has 20 heavy (non-hydrogen) atoms. The molecule has 1 aliphatic heterocycles. The third kappa shape index (κ3) is 2.53. The minimum Gasteiger partial charge on any atom is -0.376 e. The van der Waals surface area contributed by atoms with Crippen LogP contribution in [0.1, 0.15) is 26.7 Å². The summed E-state index contributed by atoms with van der Waals surface area (Å²) >= 11 is 0. The number of aromatic amines is 1. The van der Waals surface area contributed by atoms with Crippen LogP contribution < -0.4 is 10.6 Å². The molecular formula is C13H20N6O. The Morgan fingerprint density at radius 3 is 3.10 bits per heavy atom. The van der Waals surface area contributed by atoms with Crippen LogP contribution in [0.2, 0.25) is 0 Å². The molecule has 3 N–H and O–H groups in total. The van der Waals surface area contributed by atoms with Crippen molar-refractivity contribution in [2.75, 3.05) is 23.8 Å². The van der Waals surface area contributed by atoms with Crippen molar-refractivity contribution in [2.24, 2.45) is 0 Å². The van der Waals surface area contributed by atoms with Crippen LogP contribution in [-0.2, 0) is 4.74 Å². The molecule has 1 fully saturated rings. The van der Waals surface area contributed by atoms with Crippen LogP contribution in [0.3, 0.4) is 0 Å². The number of H-pyrrole nitrogens is 1. The molecule has 0 amide bonds. The van der Waals surface area contributed by atoms with E-state index in [1.807, 2.05) is 0 Å². The predicted octanol–water partition coefficient (Wildman–Crippen LogP) is 1.76. The van der Waals surface area contributed by atoms with Gasteiger partial charge in [-0.05, 0) is 19.8 Å². The summed E-state index contributed by atoms with van der Waals surface area (Å²) in [4.78, 5) is 8.98. The Bertz CT molecular complexity index is 583. The molecule has 3 heterocycles. The van der Waals surface area contributed by atoms with Gasteiger partial charge in [-0.25, -0.2) is 0 Å². The van der Waals surface area contributed by atoms with Crippen LogP contribution in [-0.4, -0.2) is 45.5 Å². The van der Waals surface area contributed by atoms with E-state index in [0.29, 0.717) is 5.95 Å². The third-order valence-corrected chi connectivity index (χ3v) is 3.54. The zero-order chi connectivity index (χ0) is 13.9. The zero-order valence-corrected chi connectivity index (χ0v) is 11.8. The van der Waals surface area contributed by atoms with Crippen LogP contribution in [0.5, 0.6) is 0 Å². The Balaban J connectivity index is 1.88. The Hall–Kier alpha value is -1.89. The molecule has 108 valence electrons. The number of aromatic nitrogens is 4. The summed E-state index contributed by atoms with van der Waals surface area (Å²) in [5, 5.41) is 14.5. The summed E-state index contributed by atoms with van der Waals surface area (Å²) in [5.74, 6) is 1.43. The molecule has 0 aliphatic carbocycles. The van der Waals surface area contributed by atoms with Crippen LogP contribution in [0.15, 0.2) is 6.20 Å². The molecule has 0 saturated carbocycles. The standard InChI is InChI=1S/C13H20N6O/c1-3-5-14-13-17-11(9-7-15-19-12(9)18-13)16-10-4-6-20-8(10)2/h7-8,10H,3-6H2,1-2H3,(H3,14,15,16,17,18,19). The van der Waals surface area contributed by atoms with Gasteiger partial charge in [-0.15, -0.1) is 0 Å². The van der Waals surface area contributed by atoms with Gasteiger partial charge < -0.3 is 15.4 Å². The number of anilines is 2. The third-order valence-electron chi connectivity index (χ3n) is 3.54. The smallest absolute Gasteiger partial charge is 0.226 e. The van der Waals surface area contributed by atoms with Crippen molar-refractivity contribution in [1.82, 2.24) is 20.2 Å². The number of ether oxygens (including phenoxy) is 1. The van der Waals surface area contributed by atoms with E-state index < -0.39 is 0 Å². The fraction of sp³-hybridized carbons (Fsp3) is 0.615. The van der Waals surface area contributed by atoms with Crippen molar-refractivity contribution in [1.29, 1.82) is 0 Å². The van der Waals surface area contributed by atoms with Gasteiger partial charge in [0.05, 0.1) is 23.7 Å². The lowest BCUT2D eigenvalue weighted by molar-refractivity contribution is 0.121. The van der Waals surface area contributed by atoms with Gasteiger partial charge in [0, 0.05) is 13.2 Å². The maximum absolute atomic E-state index is 5.58. The molecule has 2 aromatic rings. The lowest BCUT2D eigenvalue weighted by Crippen LogP contribution is -2.27. The first kappa shape index (κ1) is 13.1. The highest BCUT2D eigenvalue weighted by Crippen LogP contribution is 2.24. The lowest BCUT2D eigenvalue weighted by atomic mass is 10.1. The molecule has 0 aromatic carbocycles. The second-order valence-electron chi connectivity index (χ2n) is 5.07. The van der Waals surface area contributed by atoms with Gasteiger partial charge in [-0.1, -0.05) is 6.92 Å². The first-order valence-corrected chi connectivity index (χ1v) is 7.11. The number of nitrogens with zero attached hydrogens (tertiary/aromatic N) is 3. The second-order valence-corrected chi connectivity index (χ2v) is 5.07. The van der Waals surface area contributed by atoms with Crippen molar-refractivity contribution < 1.29 is 4.74 Å². The molecule has 2 aromatic heterocycles. The summed E-state index contributed by atoms with van der Waals surface area (Å²) in [7, 11) is 0. The van der Waals surface area contributed by atoms with E-state index in [1.165, 1.54) is 0 Å². The van der Waals surface area contributed by atoms with Crippen molar-refractivity contribution in [3.05, 3.63) is 6.20 Å². The minimum atomic E-state index is 0.193. The maximum atomic E-state index is 5.58. The topological polar surface area (TPSA) is 87.8 Å². The molecule has 0 spiro atoms. The lowest BCUT2D eigenvalue weighted by Gasteiger charge is -2.17. The van der Waals surface area contributed by atoms with Crippen molar-refractivity contribution in [3.63, 3.8) is 0 Å². The fourth-order valence-corrected chi connectivity index (χ4v) is 2.36. The normalized spacial score (nSPS) is 22.3. The number of hydrogen-bond acceptors (Lipinski definition) is 6. The van der Waals surface area contributed by atoms with Gasteiger partial charge in [-0.2, -0.15) is 15.1 Å². The van der Waals surface area contributed by atoms with Gasteiger partial charge in [0.15, 0.2) is 5.65 Å². The number of nitrogens with one attached hydrogen (secondary N) is 3. The number of fused-ring (bicyclic) bond motifs is 1. The largest absolute Gasteiger partial charge is 0.376 e. The summed E-state index contributed by atoms with van der Waals surface area (Å²) in [6.07, 6.45) is 3.96. The summed E-state index contributed by atoms with van der Waals surface area (Å²) < 4.78 is 5.58. The zero-order valence-electron chi connectivity index (χ0n) is 11.8. The van der Waals surface area contributed by atoms with Crippen LogP contribution >= 0.6 is 0 Å². The van der Waals surface area contributed by atoms with Crippen molar-refractivity contribution >= 4 is 22.8 Å². The van der Waals surface area contributed by atoms with E-state index in [4.69, 9.17) is 4.74 Å². The molecule has 0 radical (unpaired) electrons. The molecule has 1 saturated heterocycles. The number of rotatable bonds is 5. The monoisotopic (exact) mass is 276 g/mol. The summed E-state index contributed by atoms with van der Waals surface area (Å²) in [5.41, 5.74) is 0.743. The van der Waals surface area contributed by atoms with E-state index in [0.717, 1.165) is 42.8 Å². The molecule has 2 atom stereocenters. The van der Waals surface area contributed by atoms with Gasteiger partial charge in [0.1, 0.15) is 5.82 Å². The average molecular weight is 276 g/mol.